The van der Waals surface area contributed by atoms with E-state index in [0.717, 1.165) is 18.1 Å². The molecule has 4 N–H and O–H groups in total. The van der Waals surface area contributed by atoms with Crippen molar-refractivity contribution < 1.29 is 17.6 Å². The van der Waals surface area contributed by atoms with Crippen LogP contribution >= 0.6 is 0 Å². The minimum atomic E-state index is -4.43. The number of hydrogen-bond acceptors (Lipinski definition) is 5. The van der Waals surface area contributed by atoms with Crippen LogP contribution in [0.15, 0.2) is 29.4 Å². The molecule has 212 valence electrons. The maximum Gasteiger partial charge on any atom is 0.433 e. The Morgan fingerprint density at radius 1 is 1.08 bits per heavy atom. The molecule has 3 aliphatic rings. The molecule has 4 rings (SSSR count). The van der Waals surface area contributed by atoms with Crippen molar-refractivity contribution in [2.75, 3.05) is 19.8 Å². The second-order valence-corrected chi connectivity index (χ2v) is 8.89. The Balaban J connectivity index is 0.000000534. The Kier molecular flexibility index (Phi) is 16.8. The lowest BCUT2D eigenvalue weighted by Gasteiger charge is -2.23. The quantitative estimate of drug-likeness (QED) is 0.309. The van der Waals surface area contributed by atoms with Crippen LogP contribution in [0.1, 0.15) is 89.6 Å². The molecule has 1 aromatic rings. The van der Waals surface area contributed by atoms with E-state index in [1.165, 1.54) is 45.6 Å². The van der Waals surface area contributed by atoms with Gasteiger partial charge in [-0.25, -0.2) is 9.37 Å². The fourth-order valence-electron chi connectivity index (χ4n) is 4.23. The van der Waals surface area contributed by atoms with Crippen molar-refractivity contribution in [3.05, 3.63) is 41.2 Å². The van der Waals surface area contributed by atoms with E-state index in [-0.39, 0.29) is 17.6 Å². The van der Waals surface area contributed by atoms with E-state index < -0.39 is 18.0 Å². The molecule has 0 aromatic carbocycles. The van der Waals surface area contributed by atoms with Gasteiger partial charge in [0.25, 0.3) is 0 Å². The highest BCUT2D eigenvalue weighted by Gasteiger charge is 2.34. The predicted molar refractivity (Wildman–Crippen MR) is 149 cm³/mol. The number of anilines is 1. The molecule has 3 atom stereocenters. The zero-order chi connectivity index (χ0) is 28.6. The van der Waals surface area contributed by atoms with Crippen molar-refractivity contribution in [3.63, 3.8) is 0 Å². The summed E-state index contributed by atoms with van der Waals surface area (Å²) in [5, 5.41) is 5.64. The molecule has 0 bridgehead atoms. The number of nitrogen functional groups attached to an aromatic ring is 1. The first-order valence-corrected chi connectivity index (χ1v) is 13.2. The fourth-order valence-corrected chi connectivity index (χ4v) is 4.23. The van der Waals surface area contributed by atoms with Crippen molar-refractivity contribution in [1.29, 1.82) is 0 Å². The number of nitrogens with zero attached hydrogens (tertiary/aromatic N) is 3. The van der Waals surface area contributed by atoms with Crippen LogP contribution in [-0.4, -0.2) is 42.5 Å². The van der Waals surface area contributed by atoms with Crippen molar-refractivity contribution in [2.45, 2.75) is 97.5 Å². The SMILES string of the molecule is C1CCCCC1.C=CC1C=NN(C)C1C(C)F.CC.CC1=Cc2c(N)cc(C(F)(F)F)nc2CC1.CN. The highest BCUT2D eigenvalue weighted by molar-refractivity contribution is 5.70. The van der Waals surface area contributed by atoms with E-state index in [1.807, 2.05) is 20.8 Å². The number of rotatable bonds is 2. The van der Waals surface area contributed by atoms with Crippen molar-refractivity contribution >= 4 is 18.0 Å². The maximum absolute atomic E-state index is 12.9. The summed E-state index contributed by atoms with van der Waals surface area (Å²) >= 11 is 0. The molecular weight excluding hydrogens is 482 g/mol. The number of fused-ring (bicyclic) bond motifs is 1. The maximum atomic E-state index is 12.9. The van der Waals surface area contributed by atoms with Gasteiger partial charge in [0.15, 0.2) is 0 Å². The molecule has 0 spiro atoms. The number of pyridine rings is 1. The van der Waals surface area contributed by atoms with Crippen LogP contribution in [0.5, 0.6) is 0 Å². The van der Waals surface area contributed by atoms with Gasteiger partial charge in [-0.3, -0.25) is 5.01 Å². The fraction of sp³-hybridized carbons (Fsp3) is 0.643. The number of aromatic nitrogens is 1. The van der Waals surface area contributed by atoms with Gasteiger partial charge in [0.1, 0.15) is 11.9 Å². The molecule has 0 amide bonds. The second-order valence-electron chi connectivity index (χ2n) is 8.89. The van der Waals surface area contributed by atoms with Gasteiger partial charge < -0.3 is 11.5 Å². The molecule has 1 aliphatic heterocycles. The molecule has 1 fully saturated rings. The Hall–Kier alpha value is -2.42. The lowest BCUT2D eigenvalue weighted by Crippen LogP contribution is -2.35. The summed E-state index contributed by atoms with van der Waals surface area (Å²) in [5.74, 6) is 0.0556. The largest absolute Gasteiger partial charge is 0.433 e. The molecule has 0 saturated heterocycles. The van der Waals surface area contributed by atoms with Crippen LogP contribution in [0.4, 0.5) is 23.2 Å². The lowest BCUT2D eigenvalue weighted by molar-refractivity contribution is -0.141. The van der Waals surface area contributed by atoms with Crippen molar-refractivity contribution in [1.82, 2.24) is 9.99 Å². The van der Waals surface area contributed by atoms with E-state index in [0.29, 0.717) is 17.7 Å². The molecule has 3 unspecified atom stereocenters. The van der Waals surface area contributed by atoms with E-state index in [2.05, 4.69) is 22.4 Å². The summed E-state index contributed by atoms with van der Waals surface area (Å²) in [5.41, 5.74) is 11.6. The molecule has 37 heavy (non-hydrogen) atoms. The number of nitrogens with two attached hydrogens (primary N) is 2. The molecule has 9 heteroatoms. The molecule has 5 nitrogen and oxygen atoms in total. The highest BCUT2D eigenvalue weighted by atomic mass is 19.4. The van der Waals surface area contributed by atoms with Crippen LogP contribution in [-0.2, 0) is 12.6 Å². The minimum absolute atomic E-state index is 0.0556. The van der Waals surface area contributed by atoms with E-state index >= 15 is 0 Å². The zero-order valence-electron chi connectivity index (χ0n) is 23.4. The zero-order valence-corrected chi connectivity index (χ0v) is 23.4. The van der Waals surface area contributed by atoms with Crippen LogP contribution in [0.25, 0.3) is 6.08 Å². The smallest absolute Gasteiger partial charge is 0.398 e. The van der Waals surface area contributed by atoms with Crippen molar-refractivity contribution in [2.24, 2.45) is 16.8 Å². The Morgan fingerprint density at radius 2 is 1.59 bits per heavy atom. The summed E-state index contributed by atoms with van der Waals surface area (Å²) in [7, 11) is 3.28. The van der Waals surface area contributed by atoms with Crippen LogP contribution < -0.4 is 11.5 Å². The predicted octanol–water partition coefficient (Wildman–Crippen LogP) is 7.42. The van der Waals surface area contributed by atoms with Gasteiger partial charge in [-0.1, -0.05) is 70.1 Å². The first-order valence-electron chi connectivity index (χ1n) is 13.2. The van der Waals surface area contributed by atoms with Gasteiger partial charge in [-0.15, -0.1) is 6.58 Å². The molecule has 2 heterocycles. The number of alkyl halides is 4. The standard InChI is InChI=1S/C11H11F3N2.C8H13FN2.C6H12.C2H6.CH5N/c1-6-2-3-9-7(4-6)8(15)5-10(16-9)11(12,13)14;1-4-7-5-10-11(3)8(7)6(2)9;1-2-4-6-5-3-1;2*1-2/h4-5H,2-3H2,1H3,(H2,15,16);4-8H,1H2,2-3H3;1-6H2;1-2H3;2H2,1H3. The number of aryl methyl sites for hydroxylation is 1. The third kappa shape index (κ3) is 11.7. The summed E-state index contributed by atoms with van der Waals surface area (Å²) in [6.45, 7) is 11.1. The molecule has 1 saturated carbocycles. The van der Waals surface area contributed by atoms with Crippen LogP contribution in [0, 0.1) is 5.92 Å². The van der Waals surface area contributed by atoms with Crippen molar-refractivity contribution in [3.8, 4) is 0 Å². The minimum Gasteiger partial charge on any atom is -0.398 e. The molecule has 1 aromatic heterocycles. The van der Waals surface area contributed by atoms with Gasteiger partial charge in [0, 0.05) is 30.4 Å². The van der Waals surface area contributed by atoms with Crippen LogP contribution in [0.2, 0.25) is 0 Å². The second kappa shape index (κ2) is 17.9. The summed E-state index contributed by atoms with van der Waals surface area (Å²) in [6, 6.07) is 0.737. The first kappa shape index (κ1) is 34.6. The summed E-state index contributed by atoms with van der Waals surface area (Å²) in [4.78, 5) is 3.63. The van der Waals surface area contributed by atoms with Gasteiger partial charge >= 0.3 is 6.18 Å². The first-order chi connectivity index (χ1) is 17.5. The highest BCUT2D eigenvalue weighted by Crippen LogP contribution is 2.34. The van der Waals surface area contributed by atoms with E-state index in [4.69, 9.17) is 5.73 Å². The van der Waals surface area contributed by atoms with Gasteiger partial charge in [-0.2, -0.15) is 18.3 Å². The van der Waals surface area contributed by atoms with Gasteiger partial charge in [-0.05, 0) is 39.8 Å². The van der Waals surface area contributed by atoms with Crippen LogP contribution in [0.3, 0.4) is 0 Å². The number of hydrazone groups is 1. The number of hydrogen-bond donors (Lipinski definition) is 2. The average molecular weight is 530 g/mol. The molecular formula is C28H47F4N5. The van der Waals surface area contributed by atoms with E-state index in [1.54, 1.807) is 37.3 Å². The Morgan fingerprint density at radius 3 is 2.00 bits per heavy atom. The third-order valence-electron chi connectivity index (χ3n) is 6.10. The monoisotopic (exact) mass is 529 g/mol. The normalized spacial score (nSPS) is 20.6. The average Bonchev–Trinajstić information content (AvgIpc) is 3.29. The summed E-state index contributed by atoms with van der Waals surface area (Å²) < 4.78 is 50.4. The summed E-state index contributed by atoms with van der Waals surface area (Å²) in [6.07, 6.45) is 10.2. The third-order valence-corrected chi connectivity index (χ3v) is 6.10. The lowest BCUT2D eigenvalue weighted by atomic mass is 9.95. The number of allylic oxidation sites excluding steroid dienone is 1. The molecule has 2 aliphatic carbocycles. The van der Waals surface area contributed by atoms with Gasteiger partial charge in [0.2, 0.25) is 0 Å². The van der Waals surface area contributed by atoms with Gasteiger partial charge in [0.05, 0.1) is 11.7 Å². The molecule has 0 radical (unpaired) electrons. The van der Waals surface area contributed by atoms with E-state index in [9.17, 15) is 17.6 Å². The Bertz CT molecular complexity index is 834. The number of halogens is 4. The topological polar surface area (TPSA) is 80.5 Å². The Labute approximate surface area is 221 Å².